The van der Waals surface area contributed by atoms with Crippen LogP contribution in [0.5, 0.6) is 11.5 Å². The van der Waals surface area contributed by atoms with E-state index in [4.69, 9.17) is 9.47 Å². The Morgan fingerprint density at radius 2 is 1.69 bits per heavy atom. The molecule has 0 aliphatic heterocycles. The molecule has 0 bridgehead atoms. The molecule has 1 N–H and O–H groups in total. The number of methoxy groups -OCH3 is 1. The predicted molar refractivity (Wildman–Crippen MR) is 115 cm³/mol. The normalized spacial score (nSPS) is 10.7. The Kier molecular flexibility index (Phi) is 5.72. The number of carbonyl (C=O) groups is 1. The van der Waals surface area contributed by atoms with E-state index in [1.807, 2.05) is 66.7 Å². The molecule has 0 saturated carbocycles. The van der Waals surface area contributed by atoms with Crippen molar-refractivity contribution in [2.75, 3.05) is 13.7 Å². The van der Waals surface area contributed by atoms with Crippen LogP contribution in [-0.4, -0.2) is 24.6 Å². The van der Waals surface area contributed by atoms with Crippen LogP contribution in [0.25, 0.3) is 20.8 Å². The van der Waals surface area contributed by atoms with E-state index in [1.165, 1.54) is 0 Å². The molecule has 0 spiro atoms. The second-order valence-corrected chi connectivity index (χ2v) is 7.46. The minimum Gasteiger partial charge on any atom is -0.497 e. The number of hydrogen-bond acceptors (Lipinski definition) is 5. The second-order valence-electron chi connectivity index (χ2n) is 6.42. The van der Waals surface area contributed by atoms with E-state index >= 15 is 0 Å². The summed E-state index contributed by atoms with van der Waals surface area (Å²) in [5, 5.41) is 3.81. The zero-order valence-electron chi connectivity index (χ0n) is 15.9. The van der Waals surface area contributed by atoms with Crippen molar-refractivity contribution in [3.63, 3.8) is 0 Å². The van der Waals surface area contributed by atoms with Gasteiger partial charge in [-0.05, 0) is 54.1 Å². The number of benzene rings is 3. The summed E-state index contributed by atoms with van der Waals surface area (Å²) in [7, 11) is 1.62. The zero-order chi connectivity index (χ0) is 20.1. The predicted octanol–water partition coefficient (Wildman–Crippen LogP) is 4.67. The summed E-state index contributed by atoms with van der Waals surface area (Å²) in [6, 6.07) is 23.3. The van der Waals surface area contributed by atoms with Gasteiger partial charge in [0.05, 0.1) is 17.3 Å². The summed E-state index contributed by atoms with van der Waals surface area (Å²) in [4.78, 5) is 16.7. The zero-order valence-corrected chi connectivity index (χ0v) is 16.7. The molecule has 4 rings (SSSR count). The molecule has 0 unspecified atom stereocenters. The average molecular weight is 404 g/mol. The molecule has 5 nitrogen and oxygen atoms in total. The summed E-state index contributed by atoms with van der Waals surface area (Å²) in [6.07, 6.45) is 0. The van der Waals surface area contributed by atoms with Gasteiger partial charge in [0.1, 0.15) is 16.5 Å². The number of hydrogen-bond donors (Lipinski definition) is 1. The Morgan fingerprint density at radius 3 is 2.41 bits per heavy atom. The standard InChI is InChI=1S/C23H20N2O3S/c1-27-18-10-6-16(7-11-18)14-24-22(26)15-28-19-12-8-17(9-13-19)23-25-20-4-2-3-5-21(20)29-23/h2-13H,14-15H2,1H3,(H,24,26). The van der Waals surface area contributed by atoms with Crippen molar-refractivity contribution in [2.45, 2.75) is 6.54 Å². The van der Waals surface area contributed by atoms with E-state index in [1.54, 1.807) is 18.4 Å². The Labute approximate surface area is 172 Å². The van der Waals surface area contributed by atoms with E-state index in [-0.39, 0.29) is 12.5 Å². The van der Waals surface area contributed by atoms with Gasteiger partial charge in [0.25, 0.3) is 5.91 Å². The lowest BCUT2D eigenvalue weighted by molar-refractivity contribution is -0.123. The van der Waals surface area contributed by atoms with Gasteiger partial charge in [0.2, 0.25) is 0 Å². The molecule has 0 radical (unpaired) electrons. The summed E-state index contributed by atoms with van der Waals surface area (Å²) >= 11 is 1.66. The highest BCUT2D eigenvalue weighted by molar-refractivity contribution is 7.21. The highest BCUT2D eigenvalue weighted by Gasteiger charge is 2.07. The number of ether oxygens (including phenoxy) is 2. The molecular weight excluding hydrogens is 384 g/mol. The van der Waals surface area contributed by atoms with Crippen LogP contribution in [0.2, 0.25) is 0 Å². The number of rotatable bonds is 7. The Balaban J connectivity index is 1.29. The number of nitrogens with one attached hydrogen (secondary N) is 1. The minimum absolute atomic E-state index is 0.0311. The topological polar surface area (TPSA) is 60.5 Å². The Morgan fingerprint density at radius 1 is 0.966 bits per heavy atom. The number of nitrogens with zero attached hydrogens (tertiary/aromatic N) is 1. The van der Waals surface area contributed by atoms with Gasteiger partial charge in [-0.2, -0.15) is 0 Å². The molecule has 1 heterocycles. The molecule has 29 heavy (non-hydrogen) atoms. The number of para-hydroxylation sites is 1. The van der Waals surface area contributed by atoms with E-state index in [9.17, 15) is 4.79 Å². The maximum absolute atomic E-state index is 12.0. The van der Waals surface area contributed by atoms with Gasteiger partial charge in [0.15, 0.2) is 6.61 Å². The monoisotopic (exact) mass is 404 g/mol. The maximum atomic E-state index is 12.0. The van der Waals surface area contributed by atoms with Crippen LogP contribution in [-0.2, 0) is 11.3 Å². The van der Waals surface area contributed by atoms with E-state index < -0.39 is 0 Å². The minimum atomic E-state index is -0.170. The number of aromatic nitrogens is 1. The van der Waals surface area contributed by atoms with Crippen molar-refractivity contribution < 1.29 is 14.3 Å². The lowest BCUT2D eigenvalue weighted by Gasteiger charge is -2.08. The summed E-state index contributed by atoms with van der Waals surface area (Å²) in [5.74, 6) is 1.27. The first-order valence-electron chi connectivity index (χ1n) is 9.20. The van der Waals surface area contributed by atoms with E-state index in [0.717, 1.165) is 32.1 Å². The molecule has 146 valence electrons. The van der Waals surface area contributed by atoms with Crippen molar-refractivity contribution in [3.8, 4) is 22.1 Å². The first kappa shape index (κ1) is 19.0. The smallest absolute Gasteiger partial charge is 0.258 e. The lowest BCUT2D eigenvalue weighted by Crippen LogP contribution is -2.28. The summed E-state index contributed by atoms with van der Waals surface area (Å²) in [5.41, 5.74) is 3.03. The first-order valence-corrected chi connectivity index (χ1v) is 10.0. The molecule has 6 heteroatoms. The highest BCUT2D eigenvalue weighted by atomic mass is 32.1. The molecule has 0 aliphatic rings. The van der Waals surface area contributed by atoms with Gasteiger partial charge < -0.3 is 14.8 Å². The molecule has 0 atom stereocenters. The van der Waals surface area contributed by atoms with Crippen molar-refractivity contribution >= 4 is 27.5 Å². The van der Waals surface area contributed by atoms with Gasteiger partial charge in [-0.3, -0.25) is 4.79 Å². The maximum Gasteiger partial charge on any atom is 0.258 e. The fourth-order valence-corrected chi connectivity index (χ4v) is 3.80. The quantitative estimate of drug-likeness (QED) is 0.486. The molecule has 1 aromatic heterocycles. The van der Waals surface area contributed by atoms with E-state index in [2.05, 4.69) is 16.4 Å². The van der Waals surface area contributed by atoms with Crippen molar-refractivity contribution in [2.24, 2.45) is 0 Å². The SMILES string of the molecule is COc1ccc(CNC(=O)COc2ccc(-c3nc4ccccc4s3)cc2)cc1. The molecule has 0 aliphatic carbocycles. The number of fused-ring (bicyclic) bond motifs is 1. The van der Waals surface area contributed by atoms with Crippen LogP contribution < -0.4 is 14.8 Å². The van der Waals surface area contributed by atoms with Gasteiger partial charge in [0, 0.05) is 12.1 Å². The van der Waals surface area contributed by atoms with Crippen LogP contribution >= 0.6 is 11.3 Å². The molecular formula is C23H20N2O3S. The largest absolute Gasteiger partial charge is 0.497 e. The number of carbonyl (C=O) groups excluding carboxylic acids is 1. The van der Waals surface area contributed by atoms with Gasteiger partial charge in [-0.25, -0.2) is 4.98 Å². The third-order valence-corrected chi connectivity index (χ3v) is 5.50. The van der Waals surface area contributed by atoms with Crippen LogP contribution in [0.15, 0.2) is 72.8 Å². The van der Waals surface area contributed by atoms with Crippen LogP contribution in [0.3, 0.4) is 0 Å². The van der Waals surface area contributed by atoms with Gasteiger partial charge >= 0.3 is 0 Å². The third kappa shape index (κ3) is 4.73. The third-order valence-electron chi connectivity index (χ3n) is 4.41. The highest BCUT2D eigenvalue weighted by Crippen LogP contribution is 2.30. The van der Waals surface area contributed by atoms with E-state index in [0.29, 0.717) is 12.3 Å². The lowest BCUT2D eigenvalue weighted by atomic mass is 10.2. The van der Waals surface area contributed by atoms with Gasteiger partial charge in [-0.1, -0.05) is 24.3 Å². The molecule has 4 aromatic rings. The molecule has 3 aromatic carbocycles. The van der Waals surface area contributed by atoms with Crippen molar-refractivity contribution in [1.82, 2.24) is 10.3 Å². The van der Waals surface area contributed by atoms with Gasteiger partial charge in [-0.15, -0.1) is 11.3 Å². The fourth-order valence-electron chi connectivity index (χ4n) is 2.83. The summed E-state index contributed by atoms with van der Waals surface area (Å²) in [6.45, 7) is 0.416. The molecule has 0 fully saturated rings. The Hall–Kier alpha value is -3.38. The first-order chi connectivity index (χ1) is 14.2. The Bertz CT molecular complexity index is 1070. The van der Waals surface area contributed by atoms with Crippen LogP contribution in [0.1, 0.15) is 5.56 Å². The van der Waals surface area contributed by atoms with Crippen LogP contribution in [0, 0.1) is 0 Å². The summed E-state index contributed by atoms with van der Waals surface area (Å²) < 4.78 is 11.9. The van der Waals surface area contributed by atoms with Crippen LogP contribution in [0.4, 0.5) is 0 Å². The molecule has 1 amide bonds. The van der Waals surface area contributed by atoms with Crippen molar-refractivity contribution in [3.05, 3.63) is 78.4 Å². The average Bonchev–Trinajstić information content (AvgIpc) is 3.21. The second kappa shape index (κ2) is 8.75. The fraction of sp³-hybridized carbons (Fsp3) is 0.130. The number of thiazole rings is 1. The van der Waals surface area contributed by atoms with Crippen molar-refractivity contribution in [1.29, 1.82) is 0 Å². The number of amides is 1. The molecule has 0 saturated heterocycles.